The lowest BCUT2D eigenvalue weighted by Gasteiger charge is -2.14. The molecule has 0 fully saturated rings. The van der Waals surface area contributed by atoms with Crippen molar-refractivity contribution in [3.8, 4) is 5.75 Å². The van der Waals surface area contributed by atoms with Crippen molar-refractivity contribution in [2.75, 3.05) is 13.2 Å². The molecule has 7 nitrogen and oxygen atoms in total. The topological polar surface area (TPSA) is 105 Å². The van der Waals surface area contributed by atoms with Crippen LogP contribution in [-0.2, 0) is 9.53 Å². The van der Waals surface area contributed by atoms with Gasteiger partial charge in [0.2, 0.25) is 0 Å². The van der Waals surface area contributed by atoms with Gasteiger partial charge in [-0.3, -0.25) is 14.9 Å². The largest absolute Gasteiger partial charge is 0.489 e. The Morgan fingerprint density at radius 1 is 1.45 bits per heavy atom. The maximum absolute atomic E-state index is 11.3. The Morgan fingerprint density at radius 3 is 2.45 bits per heavy atom. The maximum Gasteiger partial charge on any atom is 0.326 e. The fraction of sp³-hybridized carbons (Fsp3) is 0.364. The molecule has 0 saturated heterocycles. The van der Waals surface area contributed by atoms with Crippen molar-refractivity contribution < 1.29 is 19.2 Å². The Labute approximate surface area is 131 Å². The Morgan fingerprint density at radius 2 is 2.00 bits per heavy atom. The summed E-state index contributed by atoms with van der Waals surface area (Å²) < 4.78 is 10.9. The van der Waals surface area contributed by atoms with Crippen LogP contribution in [0.1, 0.15) is 6.92 Å². The standard InChI is InChI=1S/C11H12Br2N2O5/c1-2-19-11(16)9(14)5-20-10-7(12)3-6(15(17)18)4-8(10)13/h3-4,9H,2,5,14H2,1H3. The first-order valence-electron chi connectivity index (χ1n) is 5.55. The van der Waals surface area contributed by atoms with Crippen molar-refractivity contribution in [2.45, 2.75) is 13.0 Å². The molecule has 1 unspecified atom stereocenters. The van der Waals surface area contributed by atoms with Crippen LogP contribution in [0.3, 0.4) is 0 Å². The van der Waals surface area contributed by atoms with Crippen molar-refractivity contribution in [2.24, 2.45) is 5.73 Å². The number of benzene rings is 1. The molecule has 1 atom stereocenters. The van der Waals surface area contributed by atoms with E-state index in [1.807, 2.05) is 0 Å². The molecule has 20 heavy (non-hydrogen) atoms. The normalized spacial score (nSPS) is 11.8. The zero-order chi connectivity index (χ0) is 15.3. The molecule has 0 bridgehead atoms. The lowest BCUT2D eigenvalue weighted by atomic mass is 10.3. The molecule has 1 rings (SSSR count). The summed E-state index contributed by atoms with van der Waals surface area (Å²) in [6.45, 7) is 1.81. The number of esters is 1. The quantitative estimate of drug-likeness (QED) is 0.437. The summed E-state index contributed by atoms with van der Waals surface area (Å²) >= 11 is 6.34. The maximum atomic E-state index is 11.3. The first kappa shape index (κ1) is 16.9. The van der Waals surface area contributed by atoms with E-state index in [-0.39, 0.29) is 18.9 Å². The van der Waals surface area contributed by atoms with Gasteiger partial charge in [-0.1, -0.05) is 0 Å². The van der Waals surface area contributed by atoms with Crippen molar-refractivity contribution in [3.05, 3.63) is 31.2 Å². The van der Waals surface area contributed by atoms with Gasteiger partial charge < -0.3 is 15.2 Å². The molecule has 0 spiro atoms. The minimum absolute atomic E-state index is 0.0919. The molecule has 0 amide bonds. The number of hydrogen-bond donors (Lipinski definition) is 1. The van der Waals surface area contributed by atoms with Gasteiger partial charge in [-0.05, 0) is 38.8 Å². The van der Waals surface area contributed by atoms with Gasteiger partial charge in [-0.15, -0.1) is 0 Å². The molecule has 0 aliphatic carbocycles. The van der Waals surface area contributed by atoms with Gasteiger partial charge in [0, 0.05) is 12.1 Å². The van der Waals surface area contributed by atoms with Crippen LogP contribution in [0, 0.1) is 10.1 Å². The van der Waals surface area contributed by atoms with Crippen LogP contribution in [0.25, 0.3) is 0 Å². The van der Waals surface area contributed by atoms with Crippen LogP contribution < -0.4 is 10.5 Å². The van der Waals surface area contributed by atoms with Gasteiger partial charge in [-0.2, -0.15) is 0 Å². The fourth-order valence-corrected chi connectivity index (χ4v) is 2.67. The molecule has 0 heterocycles. The number of non-ortho nitro benzene ring substituents is 1. The minimum Gasteiger partial charge on any atom is -0.489 e. The Hall–Kier alpha value is -1.19. The molecular formula is C11H12Br2N2O5. The smallest absolute Gasteiger partial charge is 0.326 e. The molecule has 0 saturated carbocycles. The second-order valence-corrected chi connectivity index (χ2v) is 5.37. The number of ether oxygens (including phenoxy) is 2. The highest BCUT2D eigenvalue weighted by Crippen LogP contribution is 2.37. The van der Waals surface area contributed by atoms with Gasteiger partial charge in [-0.25, -0.2) is 0 Å². The molecular weight excluding hydrogens is 400 g/mol. The number of hydrogen-bond acceptors (Lipinski definition) is 6. The Bertz CT molecular complexity index is 501. The van der Waals surface area contributed by atoms with Crippen molar-refractivity contribution in [1.82, 2.24) is 0 Å². The molecule has 0 aliphatic rings. The van der Waals surface area contributed by atoms with E-state index in [0.29, 0.717) is 14.7 Å². The zero-order valence-electron chi connectivity index (χ0n) is 10.5. The van der Waals surface area contributed by atoms with Crippen molar-refractivity contribution >= 4 is 43.5 Å². The fourth-order valence-electron chi connectivity index (χ4n) is 1.28. The van der Waals surface area contributed by atoms with E-state index in [1.54, 1.807) is 6.92 Å². The summed E-state index contributed by atoms with van der Waals surface area (Å²) in [5.41, 5.74) is 5.50. The van der Waals surface area contributed by atoms with Gasteiger partial charge in [0.1, 0.15) is 18.4 Å². The second-order valence-electron chi connectivity index (χ2n) is 3.67. The summed E-state index contributed by atoms with van der Waals surface area (Å²) in [5.74, 6) is -0.239. The van der Waals surface area contributed by atoms with E-state index in [4.69, 9.17) is 15.2 Å². The molecule has 9 heteroatoms. The monoisotopic (exact) mass is 410 g/mol. The second kappa shape index (κ2) is 7.55. The van der Waals surface area contributed by atoms with Crippen LogP contribution in [0.15, 0.2) is 21.1 Å². The van der Waals surface area contributed by atoms with Crippen LogP contribution in [0.4, 0.5) is 5.69 Å². The number of carbonyl (C=O) groups is 1. The molecule has 1 aromatic carbocycles. The minimum atomic E-state index is -0.927. The molecule has 0 aromatic heterocycles. The van der Waals surface area contributed by atoms with Crippen LogP contribution in [0.5, 0.6) is 5.75 Å². The van der Waals surface area contributed by atoms with Crippen LogP contribution in [0.2, 0.25) is 0 Å². The molecule has 110 valence electrons. The SMILES string of the molecule is CCOC(=O)C(N)COc1c(Br)cc([N+](=O)[O-])cc1Br. The van der Waals surface area contributed by atoms with E-state index in [0.717, 1.165) is 0 Å². The van der Waals surface area contributed by atoms with Gasteiger partial charge in [0.15, 0.2) is 0 Å². The van der Waals surface area contributed by atoms with Crippen molar-refractivity contribution in [1.29, 1.82) is 0 Å². The van der Waals surface area contributed by atoms with Crippen LogP contribution in [-0.4, -0.2) is 30.1 Å². The van der Waals surface area contributed by atoms with Crippen molar-refractivity contribution in [3.63, 3.8) is 0 Å². The number of carbonyl (C=O) groups excluding carboxylic acids is 1. The van der Waals surface area contributed by atoms with E-state index >= 15 is 0 Å². The summed E-state index contributed by atoms with van der Waals surface area (Å²) in [5, 5.41) is 10.7. The third-order valence-corrected chi connectivity index (χ3v) is 3.37. The third-order valence-electron chi connectivity index (χ3n) is 2.19. The first-order valence-corrected chi connectivity index (χ1v) is 7.13. The van der Waals surface area contributed by atoms with E-state index < -0.39 is 16.9 Å². The highest BCUT2D eigenvalue weighted by Gasteiger charge is 2.19. The predicted octanol–water partition coefficient (Wildman–Crippen LogP) is 2.39. The first-order chi connectivity index (χ1) is 9.36. The highest BCUT2D eigenvalue weighted by molar-refractivity contribution is 9.11. The van der Waals surface area contributed by atoms with Gasteiger partial charge in [0.05, 0.1) is 20.5 Å². The third kappa shape index (κ3) is 4.43. The summed E-state index contributed by atoms with van der Waals surface area (Å²) in [4.78, 5) is 21.5. The summed E-state index contributed by atoms with van der Waals surface area (Å²) in [6, 6.07) is 1.68. The Balaban J connectivity index is 2.78. The number of nitro groups is 1. The average Bonchev–Trinajstić information content (AvgIpc) is 2.37. The number of nitrogens with zero attached hydrogens (tertiary/aromatic N) is 1. The molecule has 2 N–H and O–H groups in total. The average molecular weight is 412 g/mol. The van der Waals surface area contributed by atoms with Gasteiger partial charge in [0.25, 0.3) is 5.69 Å². The van der Waals surface area contributed by atoms with E-state index in [2.05, 4.69) is 31.9 Å². The summed E-state index contributed by atoms with van der Waals surface area (Å²) in [7, 11) is 0. The van der Waals surface area contributed by atoms with Crippen LogP contribution >= 0.6 is 31.9 Å². The molecule has 1 aromatic rings. The molecule has 0 radical (unpaired) electrons. The lowest BCUT2D eigenvalue weighted by molar-refractivity contribution is -0.385. The van der Waals surface area contributed by atoms with E-state index in [9.17, 15) is 14.9 Å². The lowest BCUT2D eigenvalue weighted by Crippen LogP contribution is -2.37. The van der Waals surface area contributed by atoms with Gasteiger partial charge >= 0.3 is 5.97 Å². The Kier molecular flexibility index (Phi) is 6.37. The number of nitro benzene ring substituents is 1. The van der Waals surface area contributed by atoms with E-state index in [1.165, 1.54) is 12.1 Å². The predicted molar refractivity (Wildman–Crippen MR) is 78.6 cm³/mol. The number of nitrogens with two attached hydrogens (primary N) is 1. The molecule has 0 aliphatic heterocycles. The summed E-state index contributed by atoms with van der Waals surface area (Å²) in [6.07, 6.45) is 0. The highest BCUT2D eigenvalue weighted by atomic mass is 79.9. The number of rotatable bonds is 6. The zero-order valence-corrected chi connectivity index (χ0v) is 13.6. The number of halogens is 2.